The minimum atomic E-state index is -0.340. The number of nitrogens with zero attached hydrogens (tertiary/aromatic N) is 1. The van der Waals surface area contributed by atoms with E-state index in [1.54, 1.807) is 25.3 Å². The molecule has 0 saturated carbocycles. The molecular weight excluding hydrogens is 368 g/mol. The van der Waals surface area contributed by atoms with E-state index >= 15 is 0 Å². The number of benzene rings is 2. The number of amides is 2. The van der Waals surface area contributed by atoms with E-state index in [1.165, 1.54) is 6.92 Å². The van der Waals surface area contributed by atoms with Crippen LogP contribution in [0.4, 0.5) is 0 Å². The molecule has 0 radical (unpaired) electrons. The van der Waals surface area contributed by atoms with Crippen LogP contribution in [0.2, 0.25) is 0 Å². The molecule has 1 aliphatic heterocycles. The molecule has 0 saturated heterocycles. The first-order valence-corrected chi connectivity index (χ1v) is 9.52. The van der Waals surface area contributed by atoms with Gasteiger partial charge in [0, 0.05) is 18.7 Å². The maximum atomic E-state index is 12.9. The summed E-state index contributed by atoms with van der Waals surface area (Å²) in [5.41, 5.74) is 2.81. The fraction of sp³-hybridized carbons (Fsp3) is 0.304. The van der Waals surface area contributed by atoms with Crippen molar-refractivity contribution in [2.24, 2.45) is 0 Å². The van der Waals surface area contributed by atoms with E-state index < -0.39 is 0 Å². The molecule has 1 N–H and O–H groups in total. The third-order valence-corrected chi connectivity index (χ3v) is 5.13. The molecule has 2 amide bonds. The molecule has 1 heterocycles. The van der Waals surface area contributed by atoms with Gasteiger partial charge < -0.3 is 19.7 Å². The van der Waals surface area contributed by atoms with Gasteiger partial charge in [-0.05, 0) is 42.3 Å². The Morgan fingerprint density at radius 1 is 1.14 bits per heavy atom. The van der Waals surface area contributed by atoms with Gasteiger partial charge in [0.2, 0.25) is 11.8 Å². The van der Waals surface area contributed by atoms with E-state index in [0.29, 0.717) is 11.5 Å². The van der Waals surface area contributed by atoms with Gasteiger partial charge in [-0.1, -0.05) is 24.3 Å². The van der Waals surface area contributed by atoms with Crippen molar-refractivity contribution in [1.29, 1.82) is 0 Å². The summed E-state index contributed by atoms with van der Waals surface area (Å²) in [6, 6.07) is 12.7. The summed E-state index contributed by atoms with van der Waals surface area (Å²) in [6.45, 7) is 3.40. The summed E-state index contributed by atoms with van der Waals surface area (Å²) in [4.78, 5) is 26.6. The molecule has 2 aromatic rings. The van der Waals surface area contributed by atoms with Crippen LogP contribution in [0.3, 0.4) is 0 Å². The zero-order valence-corrected chi connectivity index (χ0v) is 17.1. The van der Waals surface area contributed by atoms with Crippen molar-refractivity contribution in [1.82, 2.24) is 10.2 Å². The minimum absolute atomic E-state index is 0.101. The Kier molecular flexibility index (Phi) is 6.22. The van der Waals surface area contributed by atoms with E-state index in [0.717, 1.165) is 16.7 Å². The van der Waals surface area contributed by atoms with Crippen LogP contribution in [-0.2, 0) is 9.59 Å². The van der Waals surface area contributed by atoms with E-state index in [1.807, 2.05) is 55.5 Å². The molecule has 0 aromatic heterocycles. The zero-order chi connectivity index (χ0) is 21.0. The molecule has 152 valence electrons. The van der Waals surface area contributed by atoms with Crippen molar-refractivity contribution < 1.29 is 19.1 Å². The van der Waals surface area contributed by atoms with Gasteiger partial charge >= 0.3 is 0 Å². The van der Waals surface area contributed by atoms with Gasteiger partial charge in [0.1, 0.15) is 11.5 Å². The zero-order valence-electron chi connectivity index (χ0n) is 17.1. The van der Waals surface area contributed by atoms with E-state index in [4.69, 9.17) is 9.47 Å². The largest absolute Gasteiger partial charge is 0.497 e. The summed E-state index contributed by atoms with van der Waals surface area (Å²) < 4.78 is 10.7. The molecule has 0 bridgehead atoms. The van der Waals surface area contributed by atoms with Crippen molar-refractivity contribution in [2.75, 3.05) is 14.2 Å². The molecule has 0 unspecified atom stereocenters. The molecule has 29 heavy (non-hydrogen) atoms. The lowest BCUT2D eigenvalue weighted by Crippen LogP contribution is -2.36. The van der Waals surface area contributed by atoms with E-state index in [2.05, 4.69) is 5.32 Å². The highest BCUT2D eigenvalue weighted by molar-refractivity contribution is 5.82. The molecule has 0 aliphatic carbocycles. The highest BCUT2D eigenvalue weighted by atomic mass is 16.5. The lowest BCUT2D eigenvalue weighted by Gasteiger charge is -2.32. The summed E-state index contributed by atoms with van der Waals surface area (Å²) in [7, 11) is 3.19. The number of nitrogens with one attached hydrogen (secondary N) is 1. The van der Waals surface area contributed by atoms with Crippen LogP contribution in [0.1, 0.15) is 49.0 Å². The number of ether oxygens (including phenoxy) is 2. The summed E-state index contributed by atoms with van der Waals surface area (Å²) in [5.74, 6) is 1.12. The van der Waals surface area contributed by atoms with Gasteiger partial charge in [-0.25, -0.2) is 0 Å². The fourth-order valence-corrected chi connectivity index (χ4v) is 3.64. The predicted molar refractivity (Wildman–Crippen MR) is 111 cm³/mol. The number of hydrogen-bond acceptors (Lipinski definition) is 4. The van der Waals surface area contributed by atoms with Crippen LogP contribution in [0.15, 0.2) is 48.7 Å². The second-order valence-corrected chi connectivity index (χ2v) is 6.99. The number of rotatable bonds is 6. The van der Waals surface area contributed by atoms with Crippen LogP contribution in [0, 0.1) is 0 Å². The molecule has 0 fully saturated rings. The van der Waals surface area contributed by atoms with Crippen molar-refractivity contribution in [3.05, 3.63) is 65.4 Å². The predicted octanol–water partition coefficient (Wildman–Crippen LogP) is 3.85. The average Bonchev–Trinajstić information content (AvgIpc) is 2.73. The topological polar surface area (TPSA) is 67.9 Å². The maximum absolute atomic E-state index is 12.9. The van der Waals surface area contributed by atoms with Crippen molar-refractivity contribution in [3.63, 3.8) is 0 Å². The van der Waals surface area contributed by atoms with Crippen LogP contribution < -0.4 is 14.8 Å². The maximum Gasteiger partial charge on any atom is 0.223 e. The quantitative estimate of drug-likeness (QED) is 0.808. The Bertz CT molecular complexity index is 938. The van der Waals surface area contributed by atoms with Crippen LogP contribution in [0.5, 0.6) is 11.5 Å². The van der Waals surface area contributed by atoms with Gasteiger partial charge in [-0.2, -0.15) is 0 Å². The summed E-state index contributed by atoms with van der Waals surface area (Å²) in [6.07, 6.45) is 3.81. The van der Waals surface area contributed by atoms with Gasteiger partial charge in [0.15, 0.2) is 0 Å². The van der Waals surface area contributed by atoms with Crippen molar-refractivity contribution >= 4 is 17.9 Å². The fourth-order valence-electron chi connectivity index (χ4n) is 3.64. The lowest BCUT2D eigenvalue weighted by molar-refractivity contribution is -0.130. The Morgan fingerprint density at radius 2 is 1.90 bits per heavy atom. The highest BCUT2D eigenvalue weighted by Crippen LogP contribution is 2.34. The first-order chi connectivity index (χ1) is 13.9. The molecule has 0 spiro atoms. The normalized spacial score (nSPS) is 16.0. The third kappa shape index (κ3) is 4.42. The number of carbonyl (C=O) groups is 2. The molecular formula is C23H26N2O4. The van der Waals surface area contributed by atoms with Gasteiger partial charge in [0.05, 0.1) is 32.7 Å². The van der Waals surface area contributed by atoms with Crippen LogP contribution in [0.25, 0.3) is 6.08 Å². The Hall–Kier alpha value is -3.28. The summed E-state index contributed by atoms with van der Waals surface area (Å²) >= 11 is 0. The smallest absolute Gasteiger partial charge is 0.223 e. The Labute approximate surface area is 171 Å². The number of carbonyl (C=O) groups excluding carboxylic acids is 2. The van der Waals surface area contributed by atoms with E-state index in [9.17, 15) is 9.59 Å². The Morgan fingerprint density at radius 3 is 2.59 bits per heavy atom. The highest BCUT2D eigenvalue weighted by Gasteiger charge is 2.28. The molecule has 2 aromatic carbocycles. The lowest BCUT2D eigenvalue weighted by atomic mass is 9.93. The molecule has 1 aliphatic rings. The van der Waals surface area contributed by atoms with Gasteiger partial charge in [-0.15, -0.1) is 0 Å². The number of hydrogen-bond donors (Lipinski definition) is 1. The average molecular weight is 394 g/mol. The number of fused-ring (bicyclic) bond motifs is 1. The first-order valence-electron chi connectivity index (χ1n) is 9.52. The van der Waals surface area contributed by atoms with Gasteiger partial charge in [-0.3, -0.25) is 9.59 Å². The SMILES string of the molecule is COc1ccc(OC)c([C@@H](C)NC(=O)C[C@@H]2c3ccccc3C=CN2C(C)=O)c1. The molecule has 6 heteroatoms. The van der Waals surface area contributed by atoms with Crippen molar-refractivity contribution in [3.8, 4) is 11.5 Å². The number of methoxy groups -OCH3 is 2. The van der Waals surface area contributed by atoms with Crippen molar-refractivity contribution in [2.45, 2.75) is 32.4 Å². The minimum Gasteiger partial charge on any atom is -0.497 e. The second-order valence-electron chi connectivity index (χ2n) is 6.99. The standard InChI is InChI=1S/C23H26N2O4/c1-15(20-13-18(28-3)9-10-22(20)29-4)24-23(27)14-21-19-8-6-5-7-17(19)11-12-25(21)16(2)26/h5-13,15,21H,14H2,1-4H3,(H,24,27)/t15-,21-/m1/s1. The molecule has 2 atom stereocenters. The van der Waals surface area contributed by atoms with E-state index in [-0.39, 0.29) is 30.3 Å². The molecule has 6 nitrogen and oxygen atoms in total. The first kappa shape index (κ1) is 20.5. The van der Waals surface area contributed by atoms with Crippen LogP contribution in [-0.4, -0.2) is 30.9 Å². The van der Waals surface area contributed by atoms with Gasteiger partial charge in [0.25, 0.3) is 0 Å². The van der Waals surface area contributed by atoms with Crippen LogP contribution >= 0.6 is 0 Å². The monoisotopic (exact) mass is 394 g/mol. The second kappa shape index (κ2) is 8.82. The summed E-state index contributed by atoms with van der Waals surface area (Å²) in [5, 5.41) is 3.02. The third-order valence-electron chi connectivity index (χ3n) is 5.13. The molecule has 3 rings (SSSR count). The Balaban J connectivity index is 1.79.